The second-order valence-corrected chi connectivity index (χ2v) is 6.59. The Morgan fingerprint density at radius 3 is 2.48 bits per heavy atom. The molecule has 1 saturated heterocycles. The average Bonchev–Trinajstić information content (AvgIpc) is 3.17. The van der Waals surface area contributed by atoms with Crippen LogP contribution in [-0.2, 0) is 4.74 Å². The summed E-state index contributed by atoms with van der Waals surface area (Å²) in [7, 11) is 0. The van der Waals surface area contributed by atoms with E-state index in [0.717, 1.165) is 39.0 Å². The van der Waals surface area contributed by atoms with Crippen molar-refractivity contribution in [3.63, 3.8) is 0 Å². The summed E-state index contributed by atoms with van der Waals surface area (Å²) in [6.45, 7) is 2.26. The SMILES string of the molecule is Nc1c(Cl)cc(C(=O)N(CC2CCOC2)C2CC2)cc1Cl. The molecule has 1 amide bonds. The molecule has 0 aromatic heterocycles. The first-order valence-electron chi connectivity index (χ1n) is 7.19. The van der Waals surface area contributed by atoms with Gasteiger partial charge < -0.3 is 15.4 Å². The van der Waals surface area contributed by atoms with Crippen molar-refractivity contribution in [2.24, 2.45) is 5.92 Å². The van der Waals surface area contributed by atoms with Gasteiger partial charge in [0.15, 0.2) is 0 Å². The quantitative estimate of drug-likeness (QED) is 0.863. The van der Waals surface area contributed by atoms with Crippen LogP contribution in [0.5, 0.6) is 0 Å². The van der Waals surface area contributed by atoms with Crippen molar-refractivity contribution in [2.45, 2.75) is 25.3 Å². The molecule has 0 radical (unpaired) electrons. The Bertz CT molecular complexity index is 532. The van der Waals surface area contributed by atoms with Crippen molar-refractivity contribution in [1.82, 2.24) is 4.90 Å². The van der Waals surface area contributed by atoms with E-state index in [1.807, 2.05) is 4.90 Å². The number of hydrogen-bond acceptors (Lipinski definition) is 3. The molecule has 0 spiro atoms. The van der Waals surface area contributed by atoms with Gasteiger partial charge in [-0.1, -0.05) is 23.2 Å². The van der Waals surface area contributed by atoms with Gasteiger partial charge in [-0.05, 0) is 31.4 Å². The highest BCUT2D eigenvalue weighted by Crippen LogP contribution is 2.33. The van der Waals surface area contributed by atoms with Crippen molar-refractivity contribution < 1.29 is 9.53 Å². The van der Waals surface area contributed by atoms with Crippen LogP contribution in [0.2, 0.25) is 10.0 Å². The number of amides is 1. The van der Waals surface area contributed by atoms with Gasteiger partial charge in [0.1, 0.15) is 0 Å². The minimum Gasteiger partial charge on any atom is -0.396 e. The van der Waals surface area contributed by atoms with Crippen LogP contribution in [0.15, 0.2) is 12.1 Å². The lowest BCUT2D eigenvalue weighted by Crippen LogP contribution is -2.37. The maximum Gasteiger partial charge on any atom is 0.254 e. The average molecular weight is 329 g/mol. The monoisotopic (exact) mass is 328 g/mol. The second-order valence-electron chi connectivity index (χ2n) is 5.77. The molecule has 6 heteroatoms. The summed E-state index contributed by atoms with van der Waals surface area (Å²) >= 11 is 12.1. The molecule has 1 aliphatic carbocycles. The zero-order valence-electron chi connectivity index (χ0n) is 11.6. The Morgan fingerprint density at radius 2 is 1.95 bits per heavy atom. The van der Waals surface area contributed by atoms with E-state index in [1.54, 1.807) is 12.1 Å². The van der Waals surface area contributed by atoms with Crippen molar-refractivity contribution in [3.05, 3.63) is 27.7 Å². The van der Waals surface area contributed by atoms with E-state index in [2.05, 4.69) is 0 Å². The van der Waals surface area contributed by atoms with Crippen LogP contribution in [0.4, 0.5) is 5.69 Å². The lowest BCUT2D eigenvalue weighted by Gasteiger charge is -2.25. The Balaban J connectivity index is 1.80. The summed E-state index contributed by atoms with van der Waals surface area (Å²) in [6.07, 6.45) is 3.14. The number of nitrogens with zero attached hydrogens (tertiary/aromatic N) is 1. The van der Waals surface area contributed by atoms with Crippen molar-refractivity contribution >= 4 is 34.8 Å². The van der Waals surface area contributed by atoms with E-state index < -0.39 is 0 Å². The summed E-state index contributed by atoms with van der Waals surface area (Å²) in [5, 5.41) is 0.650. The normalized spacial score (nSPS) is 21.5. The van der Waals surface area contributed by atoms with Crippen LogP contribution in [0.1, 0.15) is 29.6 Å². The molecule has 1 aliphatic heterocycles. The van der Waals surface area contributed by atoms with E-state index in [-0.39, 0.29) is 5.91 Å². The van der Waals surface area contributed by atoms with E-state index in [9.17, 15) is 4.79 Å². The molecule has 1 saturated carbocycles. The topological polar surface area (TPSA) is 55.6 Å². The summed E-state index contributed by atoms with van der Waals surface area (Å²) in [5.41, 5.74) is 6.55. The molecule has 1 aromatic carbocycles. The lowest BCUT2D eigenvalue weighted by atomic mass is 10.1. The molecule has 2 N–H and O–H groups in total. The molecule has 2 fully saturated rings. The number of ether oxygens (including phenoxy) is 1. The van der Waals surface area contributed by atoms with Gasteiger partial charge in [0.2, 0.25) is 0 Å². The standard InChI is InChI=1S/C15H18Cl2N2O2/c16-12-5-10(6-13(17)14(12)18)15(20)19(11-1-2-11)7-9-3-4-21-8-9/h5-6,9,11H,1-4,7-8,18H2. The fraction of sp³-hybridized carbons (Fsp3) is 0.533. The lowest BCUT2D eigenvalue weighted by molar-refractivity contribution is 0.0706. The smallest absolute Gasteiger partial charge is 0.254 e. The van der Waals surface area contributed by atoms with Crippen molar-refractivity contribution in [1.29, 1.82) is 0 Å². The molecule has 2 aliphatic rings. The minimum atomic E-state index is -0.0202. The highest BCUT2D eigenvalue weighted by atomic mass is 35.5. The number of carbonyl (C=O) groups excluding carboxylic acids is 1. The summed E-state index contributed by atoms with van der Waals surface area (Å²) in [6, 6.07) is 3.55. The molecule has 0 bridgehead atoms. The van der Waals surface area contributed by atoms with E-state index in [1.165, 1.54) is 0 Å². The van der Waals surface area contributed by atoms with Crippen LogP contribution in [0, 0.1) is 5.92 Å². The number of nitrogens with two attached hydrogens (primary N) is 1. The third-order valence-corrected chi connectivity index (χ3v) is 4.68. The summed E-state index contributed by atoms with van der Waals surface area (Å²) in [4.78, 5) is 14.7. The number of carbonyl (C=O) groups is 1. The molecule has 1 aromatic rings. The highest BCUT2D eigenvalue weighted by Gasteiger charge is 2.35. The van der Waals surface area contributed by atoms with Gasteiger partial charge >= 0.3 is 0 Å². The maximum atomic E-state index is 12.8. The molecule has 1 unspecified atom stereocenters. The summed E-state index contributed by atoms with van der Waals surface area (Å²) < 4.78 is 5.40. The first-order chi connectivity index (χ1) is 10.1. The van der Waals surface area contributed by atoms with E-state index in [4.69, 9.17) is 33.7 Å². The molecule has 1 heterocycles. The van der Waals surface area contributed by atoms with Crippen molar-refractivity contribution in [2.75, 3.05) is 25.5 Å². The van der Waals surface area contributed by atoms with Gasteiger partial charge in [0.05, 0.1) is 22.3 Å². The Kier molecular flexibility index (Phi) is 4.29. The third-order valence-electron chi connectivity index (χ3n) is 4.05. The first kappa shape index (κ1) is 14.9. The van der Waals surface area contributed by atoms with E-state index >= 15 is 0 Å². The second kappa shape index (κ2) is 6.03. The van der Waals surface area contributed by atoms with Gasteiger partial charge in [-0.3, -0.25) is 4.79 Å². The first-order valence-corrected chi connectivity index (χ1v) is 7.95. The predicted octanol–water partition coefficient (Wildman–Crippen LogP) is 3.22. The molecule has 3 rings (SSSR count). The van der Waals surface area contributed by atoms with Crippen LogP contribution < -0.4 is 5.73 Å². The Morgan fingerprint density at radius 1 is 1.29 bits per heavy atom. The molecule has 114 valence electrons. The number of hydrogen-bond donors (Lipinski definition) is 1. The van der Waals surface area contributed by atoms with Crippen LogP contribution in [-0.4, -0.2) is 36.6 Å². The van der Waals surface area contributed by atoms with Gasteiger partial charge in [0.25, 0.3) is 5.91 Å². The zero-order valence-corrected chi connectivity index (χ0v) is 13.2. The largest absolute Gasteiger partial charge is 0.396 e. The molecular formula is C15H18Cl2N2O2. The molecule has 4 nitrogen and oxygen atoms in total. The van der Waals surface area contributed by atoms with Crippen LogP contribution >= 0.6 is 23.2 Å². The fourth-order valence-corrected chi connectivity index (χ4v) is 3.15. The van der Waals surface area contributed by atoms with Gasteiger partial charge in [-0.2, -0.15) is 0 Å². The number of benzene rings is 1. The molecule has 1 atom stereocenters. The Labute approximate surface area is 134 Å². The van der Waals surface area contributed by atoms with Gasteiger partial charge in [-0.25, -0.2) is 0 Å². The molecule has 21 heavy (non-hydrogen) atoms. The fourth-order valence-electron chi connectivity index (χ4n) is 2.66. The number of anilines is 1. The minimum absolute atomic E-state index is 0.0202. The van der Waals surface area contributed by atoms with Crippen LogP contribution in [0.3, 0.4) is 0 Å². The summed E-state index contributed by atoms with van der Waals surface area (Å²) in [5.74, 6) is 0.405. The van der Waals surface area contributed by atoms with Crippen molar-refractivity contribution in [3.8, 4) is 0 Å². The number of nitrogen functional groups attached to an aromatic ring is 1. The Hall–Kier alpha value is -0.970. The van der Waals surface area contributed by atoms with Crippen LogP contribution in [0.25, 0.3) is 0 Å². The number of halogens is 2. The maximum absolute atomic E-state index is 12.8. The number of rotatable bonds is 4. The van der Waals surface area contributed by atoms with E-state index in [0.29, 0.717) is 33.3 Å². The predicted molar refractivity (Wildman–Crippen MR) is 83.9 cm³/mol. The van der Waals surface area contributed by atoms with Gasteiger partial charge in [-0.15, -0.1) is 0 Å². The third kappa shape index (κ3) is 3.28. The molecular weight excluding hydrogens is 311 g/mol. The van der Waals surface area contributed by atoms with Gasteiger partial charge in [0, 0.05) is 30.7 Å². The zero-order chi connectivity index (χ0) is 15.0. The highest BCUT2D eigenvalue weighted by molar-refractivity contribution is 6.39.